The van der Waals surface area contributed by atoms with Gasteiger partial charge in [-0.15, -0.1) is 11.3 Å². The lowest BCUT2D eigenvalue weighted by atomic mass is 10.1. The molecule has 0 saturated carbocycles. The van der Waals surface area contributed by atoms with Crippen LogP contribution in [-0.4, -0.2) is 21.0 Å². The fraction of sp³-hybridized carbons (Fsp3) is 0.217. The van der Waals surface area contributed by atoms with Crippen LogP contribution in [-0.2, 0) is 17.8 Å². The van der Waals surface area contributed by atoms with Crippen LogP contribution >= 0.6 is 22.9 Å². The maximum atomic E-state index is 13.7. The molecule has 0 bridgehead atoms. The second-order valence-electron chi connectivity index (χ2n) is 7.27. The quantitative estimate of drug-likeness (QED) is 0.384. The molecule has 4 rings (SSSR count). The smallest absolute Gasteiger partial charge is 0.227 e. The van der Waals surface area contributed by atoms with Crippen molar-refractivity contribution in [3.63, 3.8) is 0 Å². The van der Waals surface area contributed by atoms with Gasteiger partial charge in [-0.1, -0.05) is 41.0 Å². The van der Waals surface area contributed by atoms with Crippen molar-refractivity contribution >= 4 is 28.8 Å². The Morgan fingerprint density at radius 3 is 2.62 bits per heavy atom. The van der Waals surface area contributed by atoms with Crippen LogP contribution in [0.25, 0.3) is 22.6 Å². The van der Waals surface area contributed by atoms with Crippen LogP contribution in [0.2, 0.25) is 5.02 Å². The molecular formula is C23H20ClFN4O2S. The van der Waals surface area contributed by atoms with Crippen LogP contribution in [0.1, 0.15) is 27.8 Å². The predicted octanol–water partition coefficient (Wildman–Crippen LogP) is 5.52. The van der Waals surface area contributed by atoms with E-state index >= 15 is 0 Å². The summed E-state index contributed by atoms with van der Waals surface area (Å²) >= 11 is 7.49. The summed E-state index contributed by atoms with van der Waals surface area (Å²) in [5.74, 6) is 0.149. The number of nitrogens with zero attached hydrogens (tertiary/aromatic N) is 3. The van der Waals surface area contributed by atoms with E-state index in [9.17, 15) is 9.18 Å². The average Bonchev–Trinajstić information content (AvgIpc) is 3.40. The molecule has 164 valence electrons. The number of hydrogen-bond acceptors (Lipinski definition) is 6. The molecule has 2 aromatic carbocycles. The number of amides is 1. The fourth-order valence-corrected chi connectivity index (χ4v) is 4.11. The van der Waals surface area contributed by atoms with Gasteiger partial charge in [0.2, 0.25) is 17.6 Å². The maximum Gasteiger partial charge on any atom is 0.227 e. The van der Waals surface area contributed by atoms with Crippen molar-refractivity contribution in [3.8, 4) is 22.6 Å². The molecule has 1 amide bonds. The monoisotopic (exact) mass is 470 g/mol. The molecule has 0 aliphatic heterocycles. The highest BCUT2D eigenvalue weighted by atomic mass is 35.5. The summed E-state index contributed by atoms with van der Waals surface area (Å²) < 4.78 is 18.9. The molecule has 32 heavy (non-hydrogen) atoms. The van der Waals surface area contributed by atoms with Crippen molar-refractivity contribution < 1.29 is 13.7 Å². The standard InChI is InChI=1S/C23H20ClFN4O2S/c1-13-3-4-16(11-18(13)25)23-27-20(31-29-23)10-9-19(30)26-12-21-28-22(14(2)32-21)15-5-7-17(24)8-6-15/h3-8,11H,9-10,12H2,1-2H3,(H,26,30). The SMILES string of the molecule is Cc1ccc(-c2noc(CCC(=O)NCc3nc(-c4ccc(Cl)cc4)c(C)s3)n2)cc1F. The number of carbonyl (C=O) groups excluding carboxylic acids is 1. The van der Waals surface area contributed by atoms with Gasteiger partial charge in [0.05, 0.1) is 12.2 Å². The number of carbonyl (C=O) groups is 1. The zero-order valence-corrected chi connectivity index (χ0v) is 19.1. The van der Waals surface area contributed by atoms with Crippen LogP contribution in [0.5, 0.6) is 0 Å². The fourth-order valence-electron chi connectivity index (χ4n) is 3.09. The molecule has 1 N–H and O–H groups in total. The molecule has 0 atom stereocenters. The molecule has 0 fully saturated rings. The topological polar surface area (TPSA) is 80.9 Å². The summed E-state index contributed by atoms with van der Waals surface area (Å²) in [7, 11) is 0. The first-order chi connectivity index (χ1) is 15.4. The number of benzene rings is 2. The highest BCUT2D eigenvalue weighted by Gasteiger charge is 2.14. The minimum absolute atomic E-state index is 0.146. The molecule has 6 nitrogen and oxygen atoms in total. The van der Waals surface area contributed by atoms with Gasteiger partial charge in [0.25, 0.3) is 0 Å². The third-order valence-electron chi connectivity index (χ3n) is 4.86. The van der Waals surface area contributed by atoms with Gasteiger partial charge in [-0.3, -0.25) is 4.79 Å². The van der Waals surface area contributed by atoms with Crippen LogP contribution in [0.3, 0.4) is 0 Å². The Balaban J connectivity index is 1.30. The molecule has 0 aliphatic rings. The molecule has 0 unspecified atom stereocenters. The van der Waals surface area contributed by atoms with Crippen LogP contribution in [0, 0.1) is 19.7 Å². The highest BCUT2D eigenvalue weighted by Crippen LogP contribution is 2.28. The Labute approximate surface area is 193 Å². The van der Waals surface area contributed by atoms with E-state index in [0.29, 0.717) is 40.8 Å². The van der Waals surface area contributed by atoms with E-state index in [0.717, 1.165) is 21.1 Å². The van der Waals surface area contributed by atoms with E-state index in [2.05, 4.69) is 20.4 Å². The van der Waals surface area contributed by atoms with E-state index in [4.69, 9.17) is 16.1 Å². The highest BCUT2D eigenvalue weighted by molar-refractivity contribution is 7.12. The summed E-state index contributed by atoms with van der Waals surface area (Å²) in [6.45, 7) is 4.03. The zero-order chi connectivity index (χ0) is 22.7. The Morgan fingerprint density at radius 2 is 1.88 bits per heavy atom. The summed E-state index contributed by atoms with van der Waals surface area (Å²) in [5, 5.41) is 8.24. The molecule has 0 spiro atoms. The summed E-state index contributed by atoms with van der Waals surface area (Å²) in [6, 6.07) is 12.3. The molecule has 2 heterocycles. The summed E-state index contributed by atoms with van der Waals surface area (Å²) in [4.78, 5) is 22.2. The van der Waals surface area contributed by atoms with Crippen molar-refractivity contribution in [2.45, 2.75) is 33.2 Å². The Morgan fingerprint density at radius 1 is 1.12 bits per heavy atom. The molecule has 2 aromatic heterocycles. The molecule has 4 aromatic rings. The van der Waals surface area contributed by atoms with E-state index in [1.807, 2.05) is 31.2 Å². The third kappa shape index (κ3) is 5.20. The van der Waals surface area contributed by atoms with Crippen molar-refractivity contribution in [2.24, 2.45) is 0 Å². The maximum absolute atomic E-state index is 13.7. The van der Waals surface area contributed by atoms with Gasteiger partial charge in [0, 0.05) is 33.9 Å². The minimum atomic E-state index is -0.329. The second-order valence-corrected chi connectivity index (χ2v) is 9.00. The van der Waals surface area contributed by atoms with E-state index in [1.54, 1.807) is 30.4 Å². The number of nitrogens with one attached hydrogen (secondary N) is 1. The zero-order valence-electron chi connectivity index (χ0n) is 17.5. The molecule has 9 heteroatoms. The van der Waals surface area contributed by atoms with Crippen molar-refractivity contribution in [2.75, 3.05) is 0 Å². The molecular weight excluding hydrogens is 451 g/mol. The van der Waals surface area contributed by atoms with Crippen molar-refractivity contribution in [1.82, 2.24) is 20.4 Å². The van der Waals surface area contributed by atoms with Crippen LogP contribution in [0.15, 0.2) is 47.0 Å². The average molecular weight is 471 g/mol. The van der Waals surface area contributed by atoms with E-state index < -0.39 is 0 Å². The summed E-state index contributed by atoms with van der Waals surface area (Å²) in [5.41, 5.74) is 2.95. The Kier molecular flexibility index (Phi) is 6.62. The first kappa shape index (κ1) is 22.1. The number of halogens is 2. The first-order valence-corrected chi connectivity index (χ1v) is 11.2. The molecule has 0 saturated heterocycles. The van der Waals surface area contributed by atoms with Crippen molar-refractivity contribution in [3.05, 3.63) is 74.6 Å². The van der Waals surface area contributed by atoms with Crippen LogP contribution < -0.4 is 5.32 Å². The first-order valence-electron chi connectivity index (χ1n) is 9.97. The normalized spacial score (nSPS) is 11.0. The van der Waals surface area contributed by atoms with Gasteiger partial charge in [-0.2, -0.15) is 4.98 Å². The van der Waals surface area contributed by atoms with Crippen molar-refractivity contribution in [1.29, 1.82) is 0 Å². The second kappa shape index (κ2) is 9.58. The number of aromatic nitrogens is 3. The predicted molar refractivity (Wildman–Crippen MR) is 122 cm³/mol. The number of hydrogen-bond donors (Lipinski definition) is 1. The lowest BCUT2D eigenvalue weighted by molar-refractivity contribution is -0.121. The Hall–Kier alpha value is -3.10. The van der Waals surface area contributed by atoms with Gasteiger partial charge in [0.1, 0.15) is 10.8 Å². The molecule has 0 aliphatic carbocycles. The molecule has 0 radical (unpaired) electrons. The van der Waals surface area contributed by atoms with Crippen LogP contribution in [0.4, 0.5) is 4.39 Å². The Bertz CT molecular complexity index is 1250. The number of rotatable bonds is 7. The van der Waals surface area contributed by atoms with E-state index in [1.165, 1.54) is 6.07 Å². The third-order valence-corrected chi connectivity index (χ3v) is 6.08. The van der Waals surface area contributed by atoms with Gasteiger partial charge in [-0.05, 0) is 37.6 Å². The largest absolute Gasteiger partial charge is 0.350 e. The lowest BCUT2D eigenvalue weighted by Gasteiger charge is -2.01. The van der Waals surface area contributed by atoms with Gasteiger partial charge in [-0.25, -0.2) is 9.37 Å². The van der Waals surface area contributed by atoms with Gasteiger partial charge in [0.15, 0.2) is 0 Å². The van der Waals surface area contributed by atoms with E-state index in [-0.39, 0.29) is 18.1 Å². The summed E-state index contributed by atoms with van der Waals surface area (Å²) in [6.07, 6.45) is 0.485. The van der Waals surface area contributed by atoms with Gasteiger partial charge < -0.3 is 9.84 Å². The number of thiazole rings is 1. The van der Waals surface area contributed by atoms with Gasteiger partial charge >= 0.3 is 0 Å². The number of aryl methyl sites for hydroxylation is 3. The lowest BCUT2D eigenvalue weighted by Crippen LogP contribution is -2.22. The minimum Gasteiger partial charge on any atom is -0.350 e.